The van der Waals surface area contributed by atoms with E-state index in [2.05, 4.69) is 0 Å². The van der Waals surface area contributed by atoms with E-state index in [1.807, 2.05) is 0 Å². The summed E-state index contributed by atoms with van der Waals surface area (Å²) in [7, 11) is 0. The Kier molecular flexibility index (Phi) is 3.12. The van der Waals surface area contributed by atoms with Crippen molar-refractivity contribution in [2.24, 2.45) is 0 Å². The molecule has 0 amide bonds. The van der Waals surface area contributed by atoms with E-state index in [9.17, 15) is 24.9 Å². The van der Waals surface area contributed by atoms with Crippen LogP contribution in [0.2, 0.25) is 0 Å². The van der Waals surface area contributed by atoms with Crippen molar-refractivity contribution in [3.63, 3.8) is 0 Å². The predicted molar refractivity (Wildman–Crippen MR) is 90.2 cm³/mol. The van der Waals surface area contributed by atoms with Crippen LogP contribution in [-0.2, 0) is 0 Å². The molecule has 5 heteroatoms. The first-order valence-corrected chi connectivity index (χ1v) is 7.55. The van der Waals surface area contributed by atoms with Gasteiger partial charge in [0, 0.05) is 16.7 Å². The summed E-state index contributed by atoms with van der Waals surface area (Å²) in [6.45, 7) is 0. The van der Waals surface area contributed by atoms with Gasteiger partial charge in [-0.05, 0) is 35.4 Å². The minimum absolute atomic E-state index is 0.0181. The lowest BCUT2D eigenvalue weighted by atomic mass is 9.82. The number of aromatic hydroxyl groups is 3. The zero-order valence-electron chi connectivity index (χ0n) is 12.9. The highest BCUT2D eigenvalue weighted by Crippen LogP contribution is 2.38. The van der Waals surface area contributed by atoms with E-state index in [-0.39, 0.29) is 39.7 Å². The topological polar surface area (TPSA) is 94.8 Å². The van der Waals surface area contributed by atoms with Crippen molar-refractivity contribution in [1.82, 2.24) is 0 Å². The van der Waals surface area contributed by atoms with Crippen LogP contribution >= 0.6 is 0 Å². The number of phenols is 3. The Bertz CT molecular complexity index is 1070. The molecule has 0 atom stereocenters. The number of hydrogen-bond acceptors (Lipinski definition) is 5. The Morgan fingerprint density at radius 3 is 1.88 bits per heavy atom. The van der Waals surface area contributed by atoms with E-state index in [1.54, 1.807) is 30.3 Å². The fraction of sp³-hybridized carbons (Fsp3) is 0. The van der Waals surface area contributed by atoms with Crippen molar-refractivity contribution < 1.29 is 24.9 Å². The van der Waals surface area contributed by atoms with Gasteiger partial charge in [-0.3, -0.25) is 9.59 Å². The average Bonchev–Trinajstić information content (AvgIpc) is 2.61. The Balaban J connectivity index is 1.94. The van der Waals surface area contributed by atoms with Gasteiger partial charge in [0.15, 0.2) is 23.1 Å². The number of ketones is 2. The molecule has 25 heavy (non-hydrogen) atoms. The molecule has 4 rings (SSSR count). The van der Waals surface area contributed by atoms with Crippen molar-refractivity contribution in [1.29, 1.82) is 0 Å². The number of rotatable bonds is 1. The number of carbonyl (C=O) groups excluding carboxylic acids is 2. The SMILES string of the molecule is O=C1c2ccccc2C(=O)c2c(O)cc(-c3ccc(O)c(O)c3)cc21. The highest BCUT2D eigenvalue weighted by Gasteiger charge is 2.32. The predicted octanol–water partition coefficient (Wildman–Crippen LogP) is 3.25. The number of carbonyl (C=O) groups is 2. The molecule has 3 aromatic rings. The number of phenolic OH excluding ortho intramolecular Hbond substituents is 3. The summed E-state index contributed by atoms with van der Waals surface area (Å²) in [5.74, 6) is -1.63. The van der Waals surface area contributed by atoms with E-state index < -0.39 is 5.78 Å². The molecule has 0 spiro atoms. The van der Waals surface area contributed by atoms with Gasteiger partial charge < -0.3 is 15.3 Å². The van der Waals surface area contributed by atoms with Gasteiger partial charge in [-0.15, -0.1) is 0 Å². The highest BCUT2D eigenvalue weighted by atomic mass is 16.3. The summed E-state index contributed by atoms with van der Waals surface area (Å²) < 4.78 is 0. The quantitative estimate of drug-likeness (QED) is 0.465. The third-order valence-corrected chi connectivity index (χ3v) is 4.31. The molecule has 0 heterocycles. The number of benzene rings is 3. The summed E-state index contributed by atoms with van der Waals surface area (Å²) in [4.78, 5) is 25.4. The lowest BCUT2D eigenvalue weighted by molar-refractivity contribution is 0.0976. The third-order valence-electron chi connectivity index (χ3n) is 4.31. The van der Waals surface area contributed by atoms with Gasteiger partial charge in [0.05, 0.1) is 5.56 Å². The first-order valence-electron chi connectivity index (χ1n) is 7.55. The van der Waals surface area contributed by atoms with Crippen molar-refractivity contribution >= 4 is 11.6 Å². The van der Waals surface area contributed by atoms with E-state index in [0.29, 0.717) is 16.7 Å². The summed E-state index contributed by atoms with van der Waals surface area (Å²) in [5.41, 5.74) is 1.61. The standard InChI is InChI=1S/C20H12O5/c21-15-6-5-10(8-16(15)22)11-7-14-18(17(23)9-11)20(25)13-4-2-1-3-12(13)19(14)24/h1-9,21-23H. The van der Waals surface area contributed by atoms with E-state index >= 15 is 0 Å². The molecule has 0 aromatic heterocycles. The van der Waals surface area contributed by atoms with Crippen LogP contribution in [0.4, 0.5) is 0 Å². The first kappa shape index (κ1) is 15.0. The molecule has 0 saturated heterocycles. The van der Waals surface area contributed by atoms with Gasteiger partial charge in [-0.1, -0.05) is 30.3 Å². The number of fused-ring (bicyclic) bond motifs is 2. The molecule has 1 aliphatic carbocycles. The second kappa shape index (κ2) is 5.21. The second-order valence-corrected chi connectivity index (χ2v) is 5.83. The maximum atomic E-state index is 12.8. The summed E-state index contributed by atoms with van der Waals surface area (Å²) >= 11 is 0. The van der Waals surface area contributed by atoms with Gasteiger partial charge in [0.1, 0.15) is 5.75 Å². The Morgan fingerprint density at radius 2 is 1.20 bits per heavy atom. The molecule has 0 aliphatic heterocycles. The monoisotopic (exact) mass is 332 g/mol. The molecule has 3 N–H and O–H groups in total. The molecule has 5 nitrogen and oxygen atoms in total. The van der Waals surface area contributed by atoms with Crippen molar-refractivity contribution in [2.75, 3.05) is 0 Å². The van der Waals surface area contributed by atoms with Crippen molar-refractivity contribution in [3.8, 4) is 28.4 Å². The summed E-state index contributed by atoms with van der Waals surface area (Å²) in [5, 5.41) is 29.4. The second-order valence-electron chi connectivity index (χ2n) is 5.83. The molecule has 0 radical (unpaired) electrons. The third kappa shape index (κ3) is 2.17. The summed E-state index contributed by atoms with van der Waals surface area (Å²) in [6, 6.07) is 13.5. The van der Waals surface area contributed by atoms with Crippen LogP contribution in [0.15, 0.2) is 54.6 Å². The molecule has 1 aliphatic rings. The average molecular weight is 332 g/mol. The van der Waals surface area contributed by atoms with Gasteiger partial charge in [0.2, 0.25) is 0 Å². The molecule has 0 fully saturated rings. The Hall–Kier alpha value is -3.60. The maximum Gasteiger partial charge on any atom is 0.198 e. The molecular weight excluding hydrogens is 320 g/mol. The van der Waals surface area contributed by atoms with Crippen LogP contribution in [0, 0.1) is 0 Å². The van der Waals surface area contributed by atoms with Crippen molar-refractivity contribution in [3.05, 3.63) is 76.9 Å². The van der Waals surface area contributed by atoms with Crippen LogP contribution < -0.4 is 0 Å². The van der Waals surface area contributed by atoms with Crippen LogP contribution in [0.25, 0.3) is 11.1 Å². The van der Waals surface area contributed by atoms with Crippen LogP contribution in [0.1, 0.15) is 31.8 Å². The van der Waals surface area contributed by atoms with Crippen LogP contribution in [0.5, 0.6) is 17.2 Å². The van der Waals surface area contributed by atoms with E-state index in [1.165, 1.54) is 24.3 Å². The van der Waals surface area contributed by atoms with Gasteiger partial charge in [-0.25, -0.2) is 0 Å². The number of hydrogen-bond donors (Lipinski definition) is 3. The van der Waals surface area contributed by atoms with Crippen LogP contribution in [0.3, 0.4) is 0 Å². The molecule has 0 saturated carbocycles. The smallest absolute Gasteiger partial charge is 0.198 e. The molecular formula is C20H12O5. The largest absolute Gasteiger partial charge is 0.507 e. The van der Waals surface area contributed by atoms with Crippen LogP contribution in [-0.4, -0.2) is 26.9 Å². The van der Waals surface area contributed by atoms with E-state index in [4.69, 9.17) is 0 Å². The highest BCUT2D eigenvalue weighted by molar-refractivity contribution is 6.29. The Labute approximate surface area is 142 Å². The maximum absolute atomic E-state index is 12.8. The molecule has 3 aromatic carbocycles. The molecule has 122 valence electrons. The van der Waals surface area contributed by atoms with Crippen molar-refractivity contribution in [2.45, 2.75) is 0 Å². The van der Waals surface area contributed by atoms with Gasteiger partial charge >= 0.3 is 0 Å². The van der Waals surface area contributed by atoms with Gasteiger partial charge in [-0.2, -0.15) is 0 Å². The van der Waals surface area contributed by atoms with Gasteiger partial charge in [0.25, 0.3) is 0 Å². The van der Waals surface area contributed by atoms with E-state index in [0.717, 1.165) is 0 Å². The molecule has 0 bridgehead atoms. The minimum atomic E-state index is -0.400. The normalized spacial score (nSPS) is 12.6. The fourth-order valence-corrected chi connectivity index (χ4v) is 3.07. The summed E-state index contributed by atoms with van der Waals surface area (Å²) in [6.07, 6.45) is 0. The minimum Gasteiger partial charge on any atom is -0.507 e. The zero-order chi connectivity index (χ0) is 17.7. The lowest BCUT2D eigenvalue weighted by Gasteiger charge is -2.19. The zero-order valence-corrected chi connectivity index (χ0v) is 12.9. The fourth-order valence-electron chi connectivity index (χ4n) is 3.07. The lowest BCUT2D eigenvalue weighted by Crippen LogP contribution is -2.21. The molecule has 0 unspecified atom stereocenters. The first-order chi connectivity index (χ1) is 12.0. The Morgan fingerprint density at radius 1 is 0.560 bits per heavy atom.